The molecule has 0 radical (unpaired) electrons. The standard InChI is InChI=1S/C21H27N3O4/c1-2-14-10-12-21(13-11-14,20(27)28)24-18(25)9-5-8-17-22-16-7-4-3-6-15(16)19(26)23-17/h3-4,6-7,14H,2,5,8-13H2,1H3,(H,24,25)(H,27,28)(H,22,23,26). The third kappa shape index (κ3) is 4.40. The van der Waals surface area contributed by atoms with Crippen molar-refractivity contribution in [3.8, 4) is 0 Å². The van der Waals surface area contributed by atoms with Gasteiger partial charge in [-0.15, -0.1) is 0 Å². The van der Waals surface area contributed by atoms with Crippen LogP contribution in [-0.4, -0.2) is 32.5 Å². The van der Waals surface area contributed by atoms with Crippen LogP contribution in [0.25, 0.3) is 10.9 Å². The van der Waals surface area contributed by atoms with Crippen molar-refractivity contribution < 1.29 is 14.7 Å². The Bertz CT molecular complexity index is 913. The number of aliphatic carboxylic acids is 1. The second-order valence-electron chi connectivity index (χ2n) is 7.67. The number of hydrogen-bond donors (Lipinski definition) is 3. The maximum atomic E-state index is 12.4. The first-order valence-electron chi connectivity index (χ1n) is 9.96. The molecule has 3 N–H and O–H groups in total. The van der Waals surface area contributed by atoms with Gasteiger partial charge >= 0.3 is 5.97 Å². The van der Waals surface area contributed by atoms with E-state index < -0.39 is 11.5 Å². The first-order valence-corrected chi connectivity index (χ1v) is 9.96. The van der Waals surface area contributed by atoms with Gasteiger partial charge in [0.25, 0.3) is 5.56 Å². The number of fused-ring (bicyclic) bond motifs is 1. The number of aryl methyl sites for hydroxylation is 1. The zero-order valence-electron chi connectivity index (χ0n) is 16.2. The Morgan fingerprint density at radius 2 is 2.00 bits per heavy atom. The van der Waals surface area contributed by atoms with Crippen molar-refractivity contribution in [3.63, 3.8) is 0 Å². The van der Waals surface area contributed by atoms with Crippen LogP contribution in [0.4, 0.5) is 0 Å². The van der Waals surface area contributed by atoms with Gasteiger partial charge in [-0.25, -0.2) is 9.78 Å². The zero-order valence-corrected chi connectivity index (χ0v) is 16.2. The van der Waals surface area contributed by atoms with Gasteiger partial charge in [0.2, 0.25) is 5.91 Å². The minimum atomic E-state index is -1.14. The number of aromatic nitrogens is 2. The van der Waals surface area contributed by atoms with E-state index in [1.54, 1.807) is 18.2 Å². The van der Waals surface area contributed by atoms with Gasteiger partial charge < -0.3 is 15.4 Å². The first-order chi connectivity index (χ1) is 13.4. The monoisotopic (exact) mass is 385 g/mol. The number of benzene rings is 1. The molecule has 28 heavy (non-hydrogen) atoms. The number of carboxylic acids is 1. The Morgan fingerprint density at radius 3 is 2.68 bits per heavy atom. The number of carboxylic acid groups (broad SMARTS) is 1. The number of nitrogens with one attached hydrogen (secondary N) is 2. The largest absolute Gasteiger partial charge is 0.480 e. The van der Waals surface area contributed by atoms with Crippen LogP contribution in [0.2, 0.25) is 0 Å². The molecule has 1 aromatic carbocycles. The van der Waals surface area contributed by atoms with Crippen LogP contribution >= 0.6 is 0 Å². The van der Waals surface area contributed by atoms with Crippen LogP contribution in [-0.2, 0) is 16.0 Å². The minimum Gasteiger partial charge on any atom is -0.480 e. The molecule has 0 spiro atoms. The summed E-state index contributed by atoms with van der Waals surface area (Å²) in [6.07, 6.45) is 4.78. The lowest BCUT2D eigenvalue weighted by Gasteiger charge is -2.37. The highest BCUT2D eigenvalue weighted by atomic mass is 16.4. The first kappa shape index (κ1) is 20.0. The number of carbonyl (C=O) groups is 2. The Morgan fingerprint density at radius 1 is 1.29 bits per heavy atom. The Labute approximate surface area is 163 Å². The molecule has 3 rings (SSSR count). The molecule has 1 aliphatic rings. The van der Waals surface area contributed by atoms with Gasteiger partial charge in [0, 0.05) is 12.8 Å². The molecule has 150 valence electrons. The second kappa shape index (κ2) is 8.54. The average Bonchev–Trinajstić information content (AvgIpc) is 2.68. The summed E-state index contributed by atoms with van der Waals surface area (Å²) >= 11 is 0. The normalized spacial score (nSPS) is 22.1. The molecule has 7 heteroatoms. The van der Waals surface area contributed by atoms with Crippen LogP contribution in [0.15, 0.2) is 29.1 Å². The van der Waals surface area contributed by atoms with E-state index in [1.807, 2.05) is 6.07 Å². The molecule has 1 heterocycles. The number of carbonyl (C=O) groups excluding carboxylic acids is 1. The number of hydrogen-bond acceptors (Lipinski definition) is 4. The molecule has 0 atom stereocenters. The molecule has 1 aliphatic carbocycles. The van der Waals surface area contributed by atoms with Gasteiger partial charge in [-0.2, -0.15) is 0 Å². The Kier molecular flexibility index (Phi) is 6.11. The topological polar surface area (TPSA) is 112 Å². The number of amides is 1. The van der Waals surface area contributed by atoms with Crippen molar-refractivity contribution in [1.82, 2.24) is 15.3 Å². The van der Waals surface area contributed by atoms with E-state index in [0.29, 0.717) is 48.3 Å². The molecule has 7 nitrogen and oxygen atoms in total. The quantitative estimate of drug-likeness (QED) is 0.678. The average molecular weight is 385 g/mol. The highest BCUT2D eigenvalue weighted by Crippen LogP contribution is 2.34. The molecule has 1 amide bonds. The lowest BCUT2D eigenvalue weighted by Crippen LogP contribution is -2.56. The van der Waals surface area contributed by atoms with Crippen molar-refractivity contribution in [2.75, 3.05) is 0 Å². The van der Waals surface area contributed by atoms with E-state index in [9.17, 15) is 19.5 Å². The molecule has 0 unspecified atom stereocenters. The van der Waals surface area contributed by atoms with Gasteiger partial charge in [0.15, 0.2) is 0 Å². The van der Waals surface area contributed by atoms with E-state index in [4.69, 9.17) is 0 Å². The fourth-order valence-corrected chi connectivity index (χ4v) is 3.97. The van der Waals surface area contributed by atoms with Gasteiger partial charge in [-0.05, 0) is 50.2 Å². The lowest BCUT2D eigenvalue weighted by molar-refractivity contribution is -0.149. The molecule has 2 aromatic rings. The fraction of sp³-hybridized carbons (Fsp3) is 0.524. The summed E-state index contributed by atoms with van der Waals surface area (Å²) in [6, 6.07) is 7.11. The van der Waals surface area contributed by atoms with Crippen LogP contribution in [0.1, 0.15) is 57.7 Å². The third-order valence-corrected chi connectivity index (χ3v) is 5.80. The maximum absolute atomic E-state index is 12.4. The minimum absolute atomic E-state index is 0.192. The number of H-pyrrole nitrogens is 1. The van der Waals surface area contributed by atoms with E-state index >= 15 is 0 Å². The van der Waals surface area contributed by atoms with Crippen LogP contribution in [0.3, 0.4) is 0 Å². The van der Waals surface area contributed by atoms with Crippen molar-refractivity contribution >= 4 is 22.8 Å². The smallest absolute Gasteiger partial charge is 0.329 e. The molecule has 0 saturated heterocycles. The molecule has 1 fully saturated rings. The predicted molar refractivity (Wildman–Crippen MR) is 106 cm³/mol. The molecule has 1 saturated carbocycles. The molecular weight excluding hydrogens is 358 g/mol. The zero-order chi connectivity index (χ0) is 20.1. The molecular formula is C21H27N3O4. The van der Waals surface area contributed by atoms with Crippen LogP contribution < -0.4 is 10.9 Å². The predicted octanol–water partition coefficient (Wildman–Crippen LogP) is 2.79. The molecule has 0 bridgehead atoms. The highest BCUT2D eigenvalue weighted by Gasteiger charge is 2.42. The third-order valence-electron chi connectivity index (χ3n) is 5.80. The summed E-state index contributed by atoms with van der Waals surface area (Å²) in [7, 11) is 0. The Balaban J connectivity index is 1.57. The number of rotatable bonds is 7. The summed E-state index contributed by atoms with van der Waals surface area (Å²) in [6.45, 7) is 2.11. The summed E-state index contributed by atoms with van der Waals surface area (Å²) in [5, 5.41) is 13.0. The molecule has 0 aliphatic heterocycles. The highest BCUT2D eigenvalue weighted by molar-refractivity contribution is 5.87. The van der Waals surface area contributed by atoms with E-state index in [1.165, 1.54) is 0 Å². The van der Waals surface area contributed by atoms with Crippen molar-refractivity contribution in [3.05, 3.63) is 40.4 Å². The molecule has 1 aromatic heterocycles. The van der Waals surface area contributed by atoms with Crippen LogP contribution in [0.5, 0.6) is 0 Å². The summed E-state index contributed by atoms with van der Waals surface area (Å²) in [5.41, 5.74) is -0.705. The second-order valence-corrected chi connectivity index (χ2v) is 7.67. The van der Waals surface area contributed by atoms with Gasteiger partial charge in [0.05, 0.1) is 10.9 Å². The summed E-state index contributed by atoms with van der Waals surface area (Å²) in [4.78, 5) is 43.4. The van der Waals surface area contributed by atoms with Gasteiger partial charge in [0.1, 0.15) is 11.4 Å². The Hall–Kier alpha value is -2.70. The summed E-state index contributed by atoms with van der Waals surface area (Å²) < 4.78 is 0. The van der Waals surface area contributed by atoms with Crippen LogP contribution in [0, 0.1) is 5.92 Å². The van der Waals surface area contributed by atoms with Crippen molar-refractivity contribution in [2.45, 2.75) is 63.8 Å². The number of nitrogens with zero attached hydrogens (tertiary/aromatic N) is 1. The lowest BCUT2D eigenvalue weighted by atomic mass is 9.75. The van der Waals surface area contributed by atoms with E-state index in [-0.39, 0.29) is 17.9 Å². The number of para-hydroxylation sites is 1. The fourth-order valence-electron chi connectivity index (χ4n) is 3.97. The van der Waals surface area contributed by atoms with Crippen molar-refractivity contribution in [2.24, 2.45) is 5.92 Å². The SMILES string of the molecule is CCC1CCC(NC(=O)CCCc2nc3ccccc3c(=O)[nH]2)(C(=O)O)CC1. The van der Waals surface area contributed by atoms with Crippen molar-refractivity contribution in [1.29, 1.82) is 0 Å². The number of aromatic amines is 1. The van der Waals surface area contributed by atoms with E-state index in [0.717, 1.165) is 19.3 Å². The maximum Gasteiger partial charge on any atom is 0.329 e. The van der Waals surface area contributed by atoms with Gasteiger partial charge in [-0.3, -0.25) is 9.59 Å². The summed E-state index contributed by atoms with van der Waals surface area (Å²) in [5.74, 6) is -0.135. The van der Waals surface area contributed by atoms with Gasteiger partial charge in [-0.1, -0.05) is 25.5 Å². The van der Waals surface area contributed by atoms with E-state index in [2.05, 4.69) is 22.2 Å².